The molecule has 0 N–H and O–H groups in total. The highest BCUT2D eigenvalue weighted by molar-refractivity contribution is 6.26. The number of allylic oxidation sites excluding steroid dienone is 10. The third-order valence-electron chi connectivity index (χ3n) is 14.1. The van der Waals surface area contributed by atoms with Crippen LogP contribution in [0.25, 0.3) is 43.8 Å². The molecule has 0 spiro atoms. The van der Waals surface area contributed by atoms with Gasteiger partial charge in [0.05, 0.1) is 27.6 Å². The summed E-state index contributed by atoms with van der Waals surface area (Å²) in [5.74, 6) is 3.12. The van der Waals surface area contributed by atoms with Crippen molar-refractivity contribution in [3.8, 4) is 0 Å². The van der Waals surface area contributed by atoms with Gasteiger partial charge >= 0.3 is 0 Å². The van der Waals surface area contributed by atoms with E-state index in [-0.39, 0.29) is 12.0 Å². The van der Waals surface area contributed by atoms with Gasteiger partial charge in [0.15, 0.2) is 0 Å². The molecule has 5 atom stereocenters. The monoisotopic (exact) mass is 786 g/mol. The summed E-state index contributed by atoms with van der Waals surface area (Å²) >= 11 is 0. The van der Waals surface area contributed by atoms with E-state index in [4.69, 9.17) is 4.99 Å². The number of hydrogen-bond acceptors (Lipinski definition) is 1. The SMILES string of the molecule is CC1C=CC(C2(c3ccccc3)C3=C(c4c2c2c5ccccc5n(C5=CC(C)C([N+]6=C(c7ccccc7)N=C6c6ccccc6)C=C5)c2c2ccccc42)C(C)CC=C3)=CC1. The molecule has 0 bridgehead atoms. The number of hydrogen-bond donors (Lipinski definition) is 0. The Bertz CT molecular complexity index is 3220. The van der Waals surface area contributed by atoms with E-state index < -0.39 is 5.41 Å². The molecule has 61 heavy (non-hydrogen) atoms. The highest BCUT2D eigenvalue weighted by Gasteiger charge is 2.51. The topological polar surface area (TPSA) is 20.3 Å². The van der Waals surface area contributed by atoms with Crippen LogP contribution < -0.4 is 0 Å². The molecular weight excluding hydrogens is 739 g/mol. The quantitative estimate of drug-likeness (QED) is 0.150. The van der Waals surface area contributed by atoms with Crippen LogP contribution >= 0.6 is 0 Å². The Kier molecular flexibility index (Phi) is 8.19. The second kappa shape index (κ2) is 13.9. The highest BCUT2D eigenvalue weighted by atomic mass is 15.3. The summed E-state index contributed by atoms with van der Waals surface area (Å²) in [5, 5.41) is 5.31. The van der Waals surface area contributed by atoms with Crippen molar-refractivity contribution in [2.75, 3.05) is 0 Å². The maximum absolute atomic E-state index is 5.17. The van der Waals surface area contributed by atoms with Gasteiger partial charge in [0.25, 0.3) is 11.7 Å². The average molecular weight is 787 g/mol. The van der Waals surface area contributed by atoms with Gasteiger partial charge < -0.3 is 4.57 Å². The van der Waals surface area contributed by atoms with Crippen molar-refractivity contribution >= 4 is 55.5 Å². The van der Waals surface area contributed by atoms with Crippen LogP contribution in [0, 0.1) is 17.8 Å². The lowest BCUT2D eigenvalue weighted by Crippen LogP contribution is -2.46. The predicted molar refractivity (Wildman–Crippen MR) is 255 cm³/mol. The first-order chi connectivity index (χ1) is 30.0. The molecule has 0 radical (unpaired) electrons. The maximum Gasteiger partial charge on any atom is 0.274 e. The minimum Gasteiger partial charge on any atom is -0.309 e. The van der Waals surface area contributed by atoms with Crippen molar-refractivity contribution in [1.29, 1.82) is 0 Å². The number of amidine groups is 2. The van der Waals surface area contributed by atoms with E-state index in [2.05, 4.69) is 218 Å². The summed E-state index contributed by atoms with van der Waals surface area (Å²) in [6.07, 6.45) is 21.8. The summed E-state index contributed by atoms with van der Waals surface area (Å²) in [7, 11) is 0. The second-order valence-electron chi connectivity index (χ2n) is 17.7. The van der Waals surface area contributed by atoms with Crippen molar-refractivity contribution in [1.82, 2.24) is 4.57 Å². The van der Waals surface area contributed by atoms with E-state index in [1.165, 1.54) is 71.7 Å². The van der Waals surface area contributed by atoms with Crippen molar-refractivity contribution in [2.24, 2.45) is 22.7 Å². The first-order valence-electron chi connectivity index (χ1n) is 22.1. The number of rotatable bonds is 6. The molecule has 3 heteroatoms. The van der Waals surface area contributed by atoms with Crippen molar-refractivity contribution in [2.45, 2.75) is 45.1 Å². The lowest BCUT2D eigenvalue weighted by atomic mass is 9.63. The van der Waals surface area contributed by atoms with Crippen LogP contribution in [0.3, 0.4) is 0 Å². The molecule has 294 valence electrons. The van der Waals surface area contributed by atoms with E-state index >= 15 is 0 Å². The van der Waals surface area contributed by atoms with Gasteiger partial charge in [0.1, 0.15) is 6.04 Å². The Morgan fingerprint density at radius 1 is 0.656 bits per heavy atom. The largest absolute Gasteiger partial charge is 0.309 e. The minimum atomic E-state index is -0.478. The number of para-hydroxylation sites is 1. The molecule has 6 aromatic carbocycles. The molecule has 5 aliphatic rings. The van der Waals surface area contributed by atoms with Crippen LogP contribution in [0.4, 0.5) is 0 Å². The van der Waals surface area contributed by atoms with Gasteiger partial charge in [-0.25, -0.2) is 4.58 Å². The smallest absolute Gasteiger partial charge is 0.274 e. The summed E-state index contributed by atoms with van der Waals surface area (Å²) in [5.41, 5.74) is 14.1. The summed E-state index contributed by atoms with van der Waals surface area (Å²) in [4.78, 5) is 5.17. The lowest BCUT2D eigenvalue weighted by Gasteiger charge is -2.38. The molecule has 0 amide bonds. The maximum atomic E-state index is 5.17. The molecule has 5 unspecified atom stereocenters. The Labute approximate surface area is 358 Å². The standard InChI is InChI=1S/C58H48N3/c1-37-30-32-43(33-31-37)58(42-23-11-6-12-24-42)48-28-17-18-38(2)51(48)52-45-25-13-14-26-46(45)55-53(54(52)58)47-27-15-16-29-50(47)60(55)44-34-35-49(39(3)36-44)61-56(40-19-7-4-8-20-40)59-57(61)41-21-9-5-10-22-41/h4-17,19-30,32-39,49H,18,31H2,1-3H3/q+1. The van der Waals surface area contributed by atoms with Crippen molar-refractivity contribution < 1.29 is 4.58 Å². The molecule has 4 aliphatic carbocycles. The Balaban J connectivity index is 1.13. The average Bonchev–Trinajstić information content (AvgIpc) is 3.81. The summed E-state index contributed by atoms with van der Waals surface area (Å²) in [6.45, 7) is 7.15. The molecule has 0 saturated carbocycles. The van der Waals surface area contributed by atoms with Crippen LogP contribution in [0.15, 0.2) is 204 Å². The fourth-order valence-electron chi connectivity index (χ4n) is 11.4. The Morgan fingerprint density at radius 2 is 1.33 bits per heavy atom. The fourth-order valence-corrected chi connectivity index (χ4v) is 11.4. The lowest BCUT2D eigenvalue weighted by molar-refractivity contribution is -0.458. The third-order valence-corrected chi connectivity index (χ3v) is 14.1. The zero-order chi connectivity index (χ0) is 40.8. The van der Waals surface area contributed by atoms with Crippen LogP contribution in [0.1, 0.15) is 61.4 Å². The van der Waals surface area contributed by atoms with E-state index in [1.54, 1.807) is 0 Å². The summed E-state index contributed by atoms with van der Waals surface area (Å²) < 4.78 is 5.05. The van der Waals surface area contributed by atoms with Crippen LogP contribution in [-0.4, -0.2) is 26.9 Å². The van der Waals surface area contributed by atoms with E-state index in [9.17, 15) is 0 Å². The Hall–Kier alpha value is -6.84. The van der Waals surface area contributed by atoms with Gasteiger partial charge in [-0.1, -0.05) is 171 Å². The van der Waals surface area contributed by atoms with Gasteiger partial charge in [-0.15, -0.1) is 0 Å². The predicted octanol–water partition coefficient (Wildman–Crippen LogP) is 13.5. The first-order valence-corrected chi connectivity index (χ1v) is 22.1. The van der Waals surface area contributed by atoms with Gasteiger partial charge in [-0.3, -0.25) is 0 Å². The van der Waals surface area contributed by atoms with Gasteiger partial charge in [-0.05, 0) is 106 Å². The van der Waals surface area contributed by atoms with E-state index in [0.717, 1.165) is 35.6 Å². The number of nitrogens with zero attached hydrogens (tertiary/aromatic N) is 3. The molecule has 7 aromatic rings. The highest BCUT2D eigenvalue weighted by Crippen LogP contribution is 2.63. The zero-order valence-electron chi connectivity index (χ0n) is 35.0. The van der Waals surface area contributed by atoms with Gasteiger partial charge in [0.2, 0.25) is 0 Å². The van der Waals surface area contributed by atoms with E-state index in [0.29, 0.717) is 11.8 Å². The first kappa shape index (κ1) is 36.0. The molecule has 12 rings (SSSR count). The van der Waals surface area contributed by atoms with Gasteiger partial charge in [0, 0.05) is 27.8 Å². The number of fused-ring (bicyclic) bond motifs is 9. The van der Waals surface area contributed by atoms with Crippen LogP contribution in [-0.2, 0) is 5.41 Å². The normalized spacial score (nSPS) is 24.2. The molecular formula is C58H48N3+. The summed E-state index contributed by atoms with van der Waals surface area (Å²) in [6, 6.07) is 51.2. The Morgan fingerprint density at radius 3 is 2.05 bits per heavy atom. The number of aliphatic imine (C=N–C) groups is 1. The molecule has 0 saturated heterocycles. The number of benzene rings is 6. The van der Waals surface area contributed by atoms with Gasteiger partial charge in [-0.2, -0.15) is 0 Å². The molecule has 1 aliphatic heterocycles. The van der Waals surface area contributed by atoms with Crippen molar-refractivity contribution in [3.63, 3.8) is 0 Å². The molecule has 1 aromatic heterocycles. The molecule has 3 nitrogen and oxygen atoms in total. The minimum absolute atomic E-state index is 0.100. The molecule has 0 fully saturated rings. The van der Waals surface area contributed by atoms with Crippen LogP contribution in [0.5, 0.6) is 0 Å². The molecule has 2 heterocycles. The van der Waals surface area contributed by atoms with Crippen LogP contribution in [0.2, 0.25) is 0 Å². The third kappa shape index (κ3) is 5.16. The zero-order valence-corrected chi connectivity index (χ0v) is 35.0. The van der Waals surface area contributed by atoms with Crippen molar-refractivity contribution in [3.05, 3.63) is 227 Å². The number of aromatic nitrogens is 1. The fraction of sp³-hybridized carbons (Fsp3) is 0.172. The van der Waals surface area contributed by atoms with E-state index in [1.807, 2.05) is 0 Å². The second-order valence-corrected chi connectivity index (χ2v) is 17.7.